The third-order valence-electron chi connectivity index (χ3n) is 4.55. The number of carbonyl (C=O) groups is 1. The number of para-hydroxylation sites is 1. The minimum absolute atomic E-state index is 0.152. The minimum Gasteiger partial charge on any atom is -0.483 e. The van der Waals surface area contributed by atoms with Crippen LogP contribution in [0, 0.1) is 0 Å². The number of benzene rings is 2. The molecule has 0 aliphatic heterocycles. The van der Waals surface area contributed by atoms with Gasteiger partial charge in [0.15, 0.2) is 17.1 Å². The lowest BCUT2D eigenvalue weighted by Gasteiger charge is -2.16. The fourth-order valence-corrected chi connectivity index (χ4v) is 3.94. The Balaban J connectivity index is 1.62. The number of anilines is 1. The highest BCUT2D eigenvalue weighted by Gasteiger charge is 2.19. The number of nitrogens with zero attached hydrogens (tertiary/aromatic N) is 3. The molecule has 0 bridgehead atoms. The summed E-state index contributed by atoms with van der Waals surface area (Å²) in [5, 5.41) is 12.6. The second-order valence-electron chi connectivity index (χ2n) is 6.66. The first-order chi connectivity index (χ1) is 14.5. The van der Waals surface area contributed by atoms with Gasteiger partial charge in [-0.25, -0.2) is 0 Å². The molecule has 1 amide bonds. The Morgan fingerprint density at radius 2 is 1.90 bits per heavy atom. The number of aromatic nitrogens is 3. The smallest absolute Gasteiger partial charge is 0.234 e. The maximum Gasteiger partial charge on any atom is 0.234 e. The van der Waals surface area contributed by atoms with Crippen molar-refractivity contribution >= 4 is 35.0 Å². The SMILES string of the molecule is CCc1ccc(OC(C)c2nnc(SCC(=O)Nc3ccccc3Cl)n2CC)cc1. The van der Waals surface area contributed by atoms with E-state index in [2.05, 4.69) is 34.6 Å². The molecule has 1 unspecified atom stereocenters. The van der Waals surface area contributed by atoms with Gasteiger partial charge < -0.3 is 14.6 Å². The summed E-state index contributed by atoms with van der Waals surface area (Å²) < 4.78 is 8.02. The molecule has 6 nitrogen and oxygen atoms in total. The van der Waals surface area contributed by atoms with Gasteiger partial charge in [-0.15, -0.1) is 10.2 Å². The van der Waals surface area contributed by atoms with E-state index in [0.717, 1.165) is 18.0 Å². The van der Waals surface area contributed by atoms with Crippen LogP contribution in [0.3, 0.4) is 0 Å². The van der Waals surface area contributed by atoms with Crippen LogP contribution in [0.2, 0.25) is 5.02 Å². The second-order valence-corrected chi connectivity index (χ2v) is 8.01. The van der Waals surface area contributed by atoms with Crippen molar-refractivity contribution in [1.82, 2.24) is 14.8 Å². The Hall–Kier alpha value is -2.51. The molecule has 8 heteroatoms. The van der Waals surface area contributed by atoms with Crippen molar-refractivity contribution in [3.05, 3.63) is 64.9 Å². The highest BCUT2D eigenvalue weighted by atomic mass is 35.5. The van der Waals surface area contributed by atoms with Crippen molar-refractivity contribution in [3.63, 3.8) is 0 Å². The molecule has 0 saturated heterocycles. The summed E-state index contributed by atoms with van der Waals surface area (Å²) in [4.78, 5) is 12.3. The lowest BCUT2D eigenvalue weighted by Crippen LogP contribution is -2.15. The van der Waals surface area contributed by atoms with Gasteiger partial charge in [-0.05, 0) is 50.1 Å². The van der Waals surface area contributed by atoms with E-state index in [0.29, 0.717) is 22.4 Å². The number of ether oxygens (including phenoxy) is 1. The molecule has 0 aliphatic rings. The first kappa shape index (κ1) is 22.2. The van der Waals surface area contributed by atoms with Crippen molar-refractivity contribution < 1.29 is 9.53 Å². The zero-order valence-corrected chi connectivity index (χ0v) is 18.8. The molecule has 2 aromatic carbocycles. The molecular formula is C22H25ClN4O2S. The van der Waals surface area contributed by atoms with Crippen LogP contribution in [-0.2, 0) is 17.8 Å². The van der Waals surface area contributed by atoms with Crippen molar-refractivity contribution in [2.75, 3.05) is 11.1 Å². The van der Waals surface area contributed by atoms with Crippen molar-refractivity contribution in [1.29, 1.82) is 0 Å². The maximum absolute atomic E-state index is 12.3. The van der Waals surface area contributed by atoms with E-state index in [-0.39, 0.29) is 17.8 Å². The van der Waals surface area contributed by atoms with Gasteiger partial charge in [0, 0.05) is 6.54 Å². The fraction of sp³-hybridized carbons (Fsp3) is 0.318. The second kappa shape index (κ2) is 10.5. The van der Waals surface area contributed by atoms with Crippen LogP contribution < -0.4 is 10.1 Å². The van der Waals surface area contributed by atoms with Crippen LogP contribution in [0.1, 0.15) is 38.3 Å². The van der Waals surface area contributed by atoms with E-state index in [1.807, 2.05) is 42.7 Å². The Morgan fingerprint density at radius 1 is 1.17 bits per heavy atom. The first-order valence-corrected chi connectivity index (χ1v) is 11.2. The molecule has 1 atom stereocenters. The van der Waals surface area contributed by atoms with Gasteiger partial charge in [-0.1, -0.05) is 54.6 Å². The number of nitrogens with one attached hydrogen (secondary N) is 1. The molecule has 0 radical (unpaired) electrons. The normalized spacial score (nSPS) is 11.9. The van der Waals surface area contributed by atoms with Crippen molar-refractivity contribution in [2.24, 2.45) is 0 Å². The number of rotatable bonds is 9. The summed E-state index contributed by atoms with van der Waals surface area (Å²) in [5.41, 5.74) is 1.86. The highest BCUT2D eigenvalue weighted by molar-refractivity contribution is 7.99. The van der Waals surface area contributed by atoms with E-state index >= 15 is 0 Å². The molecule has 0 saturated carbocycles. The number of thioether (sulfide) groups is 1. The zero-order chi connectivity index (χ0) is 21.5. The van der Waals surface area contributed by atoms with Gasteiger partial charge in [0.05, 0.1) is 16.5 Å². The Morgan fingerprint density at radius 3 is 2.57 bits per heavy atom. The van der Waals surface area contributed by atoms with E-state index in [1.165, 1.54) is 17.3 Å². The molecule has 1 heterocycles. The third-order valence-corrected chi connectivity index (χ3v) is 5.85. The van der Waals surface area contributed by atoms with Crippen LogP contribution in [0.4, 0.5) is 5.69 Å². The standard InChI is InChI=1S/C22H25ClN4O2S/c1-4-16-10-12-17(13-11-16)29-15(3)21-25-26-22(27(21)5-2)30-14-20(28)24-19-9-7-6-8-18(19)23/h6-13,15H,4-5,14H2,1-3H3,(H,24,28). The summed E-state index contributed by atoms with van der Waals surface area (Å²) in [6, 6.07) is 15.2. The Kier molecular flexibility index (Phi) is 7.76. The summed E-state index contributed by atoms with van der Waals surface area (Å²) in [5.74, 6) is 1.57. The topological polar surface area (TPSA) is 69.0 Å². The van der Waals surface area contributed by atoms with E-state index in [1.54, 1.807) is 12.1 Å². The number of halogens is 1. The molecule has 158 valence electrons. The number of aryl methyl sites for hydroxylation is 1. The van der Waals surface area contributed by atoms with E-state index in [9.17, 15) is 4.79 Å². The van der Waals surface area contributed by atoms with Gasteiger partial charge in [0.25, 0.3) is 0 Å². The summed E-state index contributed by atoms with van der Waals surface area (Å²) in [6.45, 7) is 6.77. The number of hydrogen-bond acceptors (Lipinski definition) is 5. The number of hydrogen-bond donors (Lipinski definition) is 1. The molecule has 1 N–H and O–H groups in total. The molecule has 3 aromatic rings. The molecule has 3 rings (SSSR count). The van der Waals surface area contributed by atoms with Crippen LogP contribution >= 0.6 is 23.4 Å². The van der Waals surface area contributed by atoms with E-state index < -0.39 is 0 Å². The number of carbonyl (C=O) groups excluding carboxylic acids is 1. The zero-order valence-electron chi connectivity index (χ0n) is 17.3. The van der Waals surface area contributed by atoms with E-state index in [4.69, 9.17) is 16.3 Å². The molecule has 0 spiro atoms. The summed E-state index contributed by atoms with van der Waals surface area (Å²) in [6.07, 6.45) is 0.723. The highest BCUT2D eigenvalue weighted by Crippen LogP contribution is 2.26. The maximum atomic E-state index is 12.3. The van der Waals surface area contributed by atoms with Gasteiger partial charge in [0.2, 0.25) is 5.91 Å². The van der Waals surface area contributed by atoms with Gasteiger partial charge in [-0.2, -0.15) is 0 Å². The molecular weight excluding hydrogens is 420 g/mol. The molecule has 1 aromatic heterocycles. The van der Waals surface area contributed by atoms with Crippen molar-refractivity contribution in [2.45, 2.75) is 45.0 Å². The van der Waals surface area contributed by atoms with Crippen LogP contribution in [0.5, 0.6) is 5.75 Å². The minimum atomic E-state index is -0.267. The number of amides is 1. The molecule has 0 aliphatic carbocycles. The predicted molar refractivity (Wildman–Crippen MR) is 121 cm³/mol. The van der Waals surface area contributed by atoms with Gasteiger partial charge in [-0.3, -0.25) is 4.79 Å². The molecule has 30 heavy (non-hydrogen) atoms. The summed E-state index contributed by atoms with van der Waals surface area (Å²) >= 11 is 7.43. The molecule has 0 fully saturated rings. The van der Waals surface area contributed by atoms with Gasteiger partial charge in [0.1, 0.15) is 5.75 Å². The van der Waals surface area contributed by atoms with Crippen molar-refractivity contribution in [3.8, 4) is 5.75 Å². The first-order valence-electron chi connectivity index (χ1n) is 9.87. The Labute approximate surface area is 186 Å². The monoisotopic (exact) mass is 444 g/mol. The lowest BCUT2D eigenvalue weighted by atomic mass is 10.2. The Bertz CT molecular complexity index is 991. The lowest BCUT2D eigenvalue weighted by molar-refractivity contribution is -0.113. The third kappa shape index (κ3) is 5.55. The van der Waals surface area contributed by atoms with Crippen LogP contribution in [0.25, 0.3) is 0 Å². The largest absolute Gasteiger partial charge is 0.483 e. The van der Waals surface area contributed by atoms with Crippen LogP contribution in [0.15, 0.2) is 53.7 Å². The average Bonchev–Trinajstić information content (AvgIpc) is 3.17. The van der Waals surface area contributed by atoms with Crippen LogP contribution in [-0.4, -0.2) is 26.4 Å². The fourth-order valence-electron chi connectivity index (χ4n) is 2.94. The quantitative estimate of drug-likeness (QED) is 0.448. The summed E-state index contributed by atoms with van der Waals surface area (Å²) in [7, 11) is 0. The predicted octanol–water partition coefficient (Wildman–Crippen LogP) is 5.38. The van der Waals surface area contributed by atoms with Gasteiger partial charge >= 0.3 is 0 Å². The average molecular weight is 445 g/mol.